The SMILES string of the molecule is CC(C)(C)c1ccc(C2(C(=O)NCc3cccc4c3OCCO4)CC2)cc1. The molecule has 27 heavy (non-hydrogen) atoms. The van der Waals surface area contributed by atoms with Crippen molar-refractivity contribution in [2.45, 2.75) is 51.0 Å². The van der Waals surface area contributed by atoms with Crippen LogP contribution in [0.4, 0.5) is 0 Å². The molecule has 1 saturated carbocycles. The number of amides is 1. The number of carbonyl (C=O) groups excluding carboxylic acids is 1. The second-order valence-electron chi connectivity index (χ2n) is 8.53. The average molecular weight is 365 g/mol. The Balaban J connectivity index is 1.47. The number of para-hydroxylation sites is 1. The number of benzene rings is 2. The van der Waals surface area contributed by atoms with Crippen LogP contribution in [0.3, 0.4) is 0 Å². The van der Waals surface area contributed by atoms with Gasteiger partial charge < -0.3 is 14.8 Å². The van der Waals surface area contributed by atoms with Crippen molar-refractivity contribution >= 4 is 5.91 Å². The second kappa shape index (κ2) is 6.59. The molecule has 1 aliphatic heterocycles. The van der Waals surface area contributed by atoms with Crippen molar-refractivity contribution in [1.29, 1.82) is 0 Å². The summed E-state index contributed by atoms with van der Waals surface area (Å²) < 4.78 is 11.4. The van der Waals surface area contributed by atoms with Crippen molar-refractivity contribution < 1.29 is 14.3 Å². The van der Waals surface area contributed by atoms with E-state index in [1.807, 2.05) is 18.2 Å². The predicted octanol–water partition coefficient (Wildman–Crippen LogP) is 4.10. The first-order chi connectivity index (χ1) is 12.9. The van der Waals surface area contributed by atoms with Crippen LogP contribution in [0.25, 0.3) is 0 Å². The number of carbonyl (C=O) groups is 1. The van der Waals surface area contributed by atoms with Gasteiger partial charge in [-0.25, -0.2) is 0 Å². The Morgan fingerprint density at radius 3 is 2.41 bits per heavy atom. The normalized spacial score (nSPS) is 17.3. The van der Waals surface area contributed by atoms with Crippen LogP contribution in [-0.4, -0.2) is 19.1 Å². The molecule has 2 aliphatic rings. The first kappa shape index (κ1) is 17.9. The molecule has 2 aromatic carbocycles. The molecule has 0 unspecified atom stereocenters. The predicted molar refractivity (Wildman–Crippen MR) is 105 cm³/mol. The summed E-state index contributed by atoms with van der Waals surface area (Å²) in [4.78, 5) is 13.0. The molecule has 0 saturated heterocycles. The van der Waals surface area contributed by atoms with Gasteiger partial charge in [0.2, 0.25) is 5.91 Å². The van der Waals surface area contributed by atoms with Crippen molar-refractivity contribution in [2.75, 3.05) is 13.2 Å². The molecule has 0 spiro atoms. The highest BCUT2D eigenvalue weighted by molar-refractivity contribution is 5.91. The maximum atomic E-state index is 13.0. The minimum Gasteiger partial charge on any atom is -0.486 e. The van der Waals surface area contributed by atoms with Gasteiger partial charge in [0, 0.05) is 12.1 Å². The van der Waals surface area contributed by atoms with Crippen molar-refractivity contribution in [1.82, 2.24) is 5.32 Å². The summed E-state index contributed by atoms with van der Waals surface area (Å²) in [6.45, 7) is 8.17. The van der Waals surface area contributed by atoms with Gasteiger partial charge in [-0.15, -0.1) is 0 Å². The molecule has 1 fully saturated rings. The van der Waals surface area contributed by atoms with Crippen LogP contribution in [-0.2, 0) is 22.2 Å². The summed E-state index contributed by atoms with van der Waals surface area (Å²) in [6, 6.07) is 14.4. The first-order valence-corrected chi connectivity index (χ1v) is 9.67. The summed E-state index contributed by atoms with van der Waals surface area (Å²) in [5.74, 6) is 1.61. The van der Waals surface area contributed by atoms with Crippen molar-refractivity contribution in [3.63, 3.8) is 0 Å². The molecule has 0 radical (unpaired) electrons. The summed E-state index contributed by atoms with van der Waals surface area (Å²) in [5.41, 5.74) is 3.10. The highest BCUT2D eigenvalue weighted by Gasteiger charge is 2.51. The molecule has 0 atom stereocenters. The highest BCUT2D eigenvalue weighted by atomic mass is 16.6. The maximum Gasteiger partial charge on any atom is 0.230 e. The summed E-state index contributed by atoms with van der Waals surface area (Å²) in [6.07, 6.45) is 1.81. The molecule has 4 nitrogen and oxygen atoms in total. The number of fused-ring (bicyclic) bond motifs is 1. The van der Waals surface area contributed by atoms with E-state index in [1.165, 1.54) is 5.56 Å². The molecule has 1 N–H and O–H groups in total. The van der Waals surface area contributed by atoms with Crippen molar-refractivity contribution in [3.05, 3.63) is 59.2 Å². The third kappa shape index (κ3) is 3.41. The molecular weight excluding hydrogens is 338 g/mol. The molecule has 1 aliphatic carbocycles. The Hall–Kier alpha value is -2.49. The van der Waals surface area contributed by atoms with E-state index >= 15 is 0 Å². The van der Waals surface area contributed by atoms with Crippen LogP contribution in [0.5, 0.6) is 11.5 Å². The van der Waals surface area contributed by atoms with Gasteiger partial charge in [0.05, 0.1) is 5.41 Å². The Morgan fingerprint density at radius 2 is 1.74 bits per heavy atom. The number of ether oxygens (including phenoxy) is 2. The van der Waals surface area contributed by atoms with Crippen molar-refractivity contribution in [3.8, 4) is 11.5 Å². The number of nitrogens with one attached hydrogen (secondary N) is 1. The molecule has 1 amide bonds. The summed E-state index contributed by atoms with van der Waals surface area (Å²) in [7, 11) is 0. The van der Waals surface area contributed by atoms with Gasteiger partial charge in [0.1, 0.15) is 13.2 Å². The van der Waals surface area contributed by atoms with Gasteiger partial charge >= 0.3 is 0 Å². The lowest BCUT2D eigenvalue weighted by molar-refractivity contribution is -0.123. The van der Waals surface area contributed by atoms with Gasteiger partial charge in [0.25, 0.3) is 0 Å². The quantitative estimate of drug-likeness (QED) is 0.887. The largest absolute Gasteiger partial charge is 0.486 e. The van der Waals surface area contributed by atoms with Gasteiger partial charge in [-0.1, -0.05) is 57.2 Å². The van der Waals surface area contributed by atoms with E-state index in [2.05, 4.69) is 50.4 Å². The molecule has 142 valence electrons. The number of hydrogen-bond donors (Lipinski definition) is 1. The smallest absolute Gasteiger partial charge is 0.230 e. The number of rotatable bonds is 4. The van der Waals surface area contributed by atoms with E-state index in [4.69, 9.17) is 9.47 Å². The fourth-order valence-electron chi connectivity index (χ4n) is 3.68. The third-order valence-electron chi connectivity index (χ3n) is 5.58. The monoisotopic (exact) mass is 365 g/mol. The van der Waals surface area contributed by atoms with Crippen LogP contribution in [0.15, 0.2) is 42.5 Å². The highest BCUT2D eigenvalue weighted by Crippen LogP contribution is 2.48. The molecule has 1 heterocycles. The van der Waals surface area contributed by atoms with Crippen LogP contribution < -0.4 is 14.8 Å². The summed E-state index contributed by atoms with van der Waals surface area (Å²) >= 11 is 0. The Labute approximate surface area is 160 Å². The zero-order valence-corrected chi connectivity index (χ0v) is 16.3. The Morgan fingerprint density at radius 1 is 1.04 bits per heavy atom. The van der Waals surface area contributed by atoms with E-state index in [0.717, 1.165) is 35.5 Å². The van der Waals surface area contributed by atoms with Gasteiger partial charge in [-0.2, -0.15) is 0 Å². The van der Waals surface area contributed by atoms with Gasteiger partial charge in [-0.05, 0) is 35.4 Å². The zero-order valence-electron chi connectivity index (χ0n) is 16.3. The summed E-state index contributed by atoms with van der Waals surface area (Å²) in [5, 5.41) is 3.12. The molecule has 0 aromatic heterocycles. The Kier molecular flexibility index (Phi) is 4.37. The van der Waals surface area contributed by atoms with E-state index in [1.54, 1.807) is 0 Å². The van der Waals surface area contributed by atoms with E-state index in [0.29, 0.717) is 19.8 Å². The average Bonchev–Trinajstić information content (AvgIpc) is 3.47. The Bertz CT molecular complexity index is 845. The van der Waals surface area contributed by atoms with Gasteiger partial charge in [-0.3, -0.25) is 4.79 Å². The third-order valence-corrected chi connectivity index (χ3v) is 5.58. The van der Waals surface area contributed by atoms with E-state index in [9.17, 15) is 4.79 Å². The molecule has 2 aromatic rings. The second-order valence-corrected chi connectivity index (χ2v) is 8.53. The zero-order chi connectivity index (χ0) is 19.1. The lowest BCUT2D eigenvalue weighted by Crippen LogP contribution is -2.34. The fraction of sp³-hybridized carbons (Fsp3) is 0.435. The van der Waals surface area contributed by atoms with Crippen LogP contribution in [0, 0.1) is 0 Å². The molecule has 0 bridgehead atoms. The van der Waals surface area contributed by atoms with Crippen LogP contribution in [0.1, 0.15) is 50.3 Å². The maximum absolute atomic E-state index is 13.0. The fourth-order valence-corrected chi connectivity index (χ4v) is 3.68. The van der Waals surface area contributed by atoms with E-state index < -0.39 is 0 Å². The number of hydrogen-bond acceptors (Lipinski definition) is 3. The van der Waals surface area contributed by atoms with Gasteiger partial charge in [0.15, 0.2) is 11.5 Å². The van der Waals surface area contributed by atoms with E-state index in [-0.39, 0.29) is 16.7 Å². The first-order valence-electron chi connectivity index (χ1n) is 9.67. The minimum atomic E-state index is -0.372. The topological polar surface area (TPSA) is 47.6 Å². The molecular formula is C23H27NO3. The molecule has 4 heteroatoms. The van der Waals surface area contributed by atoms with Crippen molar-refractivity contribution in [2.24, 2.45) is 0 Å². The lowest BCUT2D eigenvalue weighted by Gasteiger charge is -2.23. The standard InChI is InChI=1S/C23H27NO3/c1-22(2,3)17-7-9-18(10-8-17)23(11-12-23)21(25)24-15-16-5-4-6-19-20(16)27-14-13-26-19/h4-10H,11-15H2,1-3H3,(H,24,25). The lowest BCUT2D eigenvalue weighted by atomic mass is 9.85. The molecule has 4 rings (SSSR count). The van der Waals surface area contributed by atoms with Crippen LogP contribution in [0.2, 0.25) is 0 Å². The van der Waals surface area contributed by atoms with Crippen LogP contribution >= 0.6 is 0 Å². The minimum absolute atomic E-state index is 0.0975.